The number of non-ortho nitro benzene ring substituents is 1. The summed E-state index contributed by atoms with van der Waals surface area (Å²) in [6.45, 7) is 1.33. The summed E-state index contributed by atoms with van der Waals surface area (Å²) in [7, 11) is 2.98. The normalized spacial score (nSPS) is 16.3. The highest BCUT2D eigenvalue weighted by atomic mass is 16.6. The molecule has 1 fully saturated rings. The van der Waals surface area contributed by atoms with Gasteiger partial charge in [0, 0.05) is 43.4 Å². The van der Waals surface area contributed by atoms with Crippen LogP contribution in [0.1, 0.15) is 18.4 Å². The van der Waals surface area contributed by atoms with Crippen LogP contribution in [0.2, 0.25) is 0 Å². The minimum Gasteiger partial charge on any atom is -0.497 e. The number of methoxy groups -OCH3 is 2. The number of imide groups is 1. The number of ether oxygens (including phenoxy) is 2. The highest BCUT2D eigenvalue weighted by Crippen LogP contribution is 2.38. The highest BCUT2D eigenvalue weighted by Gasteiger charge is 2.43. The lowest BCUT2D eigenvalue weighted by atomic mass is 10.0. The predicted molar refractivity (Wildman–Crippen MR) is 113 cm³/mol. The van der Waals surface area contributed by atoms with E-state index in [0.29, 0.717) is 41.5 Å². The van der Waals surface area contributed by atoms with Gasteiger partial charge in [0.15, 0.2) is 0 Å². The molecule has 2 aliphatic heterocycles. The average Bonchev–Trinajstić information content (AvgIpc) is 3.39. The lowest BCUT2D eigenvalue weighted by molar-refractivity contribution is -0.384. The van der Waals surface area contributed by atoms with Gasteiger partial charge in [-0.3, -0.25) is 19.7 Å². The van der Waals surface area contributed by atoms with Crippen LogP contribution < -0.4 is 14.4 Å². The number of nitro groups is 1. The maximum Gasteiger partial charge on any atom is 0.282 e. The van der Waals surface area contributed by atoms with Crippen LogP contribution in [-0.4, -0.2) is 48.9 Å². The van der Waals surface area contributed by atoms with Crippen LogP contribution in [-0.2, 0) is 9.59 Å². The molecule has 0 aliphatic carbocycles. The molecule has 0 atom stereocenters. The van der Waals surface area contributed by atoms with Gasteiger partial charge in [-0.2, -0.15) is 0 Å². The molecule has 9 nitrogen and oxygen atoms in total. The Kier molecular flexibility index (Phi) is 5.33. The molecular formula is C22H21N3O6. The quantitative estimate of drug-likeness (QED) is 0.400. The number of hydrogen-bond acceptors (Lipinski definition) is 7. The first-order chi connectivity index (χ1) is 14.9. The zero-order chi connectivity index (χ0) is 22.1. The lowest BCUT2D eigenvalue weighted by Crippen LogP contribution is -2.34. The fourth-order valence-electron chi connectivity index (χ4n) is 3.92. The Labute approximate surface area is 178 Å². The van der Waals surface area contributed by atoms with Crippen molar-refractivity contribution in [2.24, 2.45) is 0 Å². The number of hydrogen-bond donors (Lipinski definition) is 0. The molecule has 2 aromatic carbocycles. The summed E-state index contributed by atoms with van der Waals surface area (Å²) in [6, 6.07) is 10.5. The standard InChI is InChI=1S/C22H21N3O6/c1-30-17-11-16(12-18(13-17)31-2)24-21(26)19(14-5-7-15(8-6-14)25(28)29)20(22(24)27)23-9-3-4-10-23/h5-8,11-13H,3-4,9-10H2,1-2H3. The number of likely N-dealkylation sites (tertiary alicyclic amines) is 1. The molecule has 2 aromatic rings. The fourth-order valence-corrected chi connectivity index (χ4v) is 3.92. The number of nitrogens with zero attached hydrogens (tertiary/aromatic N) is 3. The second-order valence-electron chi connectivity index (χ2n) is 7.24. The smallest absolute Gasteiger partial charge is 0.282 e. The first-order valence-electron chi connectivity index (χ1n) is 9.80. The third-order valence-corrected chi connectivity index (χ3v) is 5.44. The number of anilines is 1. The van der Waals surface area contributed by atoms with Crippen molar-refractivity contribution in [3.63, 3.8) is 0 Å². The SMILES string of the molecule is COc1cc(OC)cc(N2C(=O)C(c3ccc([N+](=O)[O-])cc3)=C(N3CCCC3)C2=O)c1. The van der Waals surface area contributed by atoms with Gasteiger partial charge in [0.25, 0.3) is 17.5 Å². The predicted octanol–water partition coefficient (Wildman–Crippen LogP) is 2.99. The van der Waals surface area contributed by atoms with E-state index < -0.39 is 16.7 Å². The van der Waals surface area contributed by atoms with Crippen LogP contribution in [0.25, 0.3) is 5.57 Å². The van der Waals surface area contributed by atoms with E-state index in [4.69, 9.17) is 9.47 Å². The van der Waals surface area contributed by atoms with Crippen molar-refractivity contribution in [3.05, 3.63) is 63.8 Å². The molecule has 31 heavy (non-hydrogen) atoms. The van der Waals surface area contributed by atoms with E-state index >= 15 is 0 Å². The number of carbonyl (C=O) groups excluding carboxylic acids is 2. The second-order valence-corrected chi connectivity index (χ2v) is 7.24. The third-order valence-electron chi connectivity index (χ3n) is 5.44. The molecule has 0 radical (unpaired) electrons. The van der Waals surface area contributed by atoms with E-state index in [-0.39, 0.29) is 11.3 Å². The van der Waals surface area contributed by atoms with E-state index in [1.165, 1.54) is 38.5 Å². The van der Waals surface area contributed by atoms with Crippen molar-refractivity contribution in [2.45, 2.75) is 12.8 Å². The van der Waals surface area contributed by atoms with E-state index in [1.807, 2.05) is 4.90 Å². The minimum atomic E-state index is -0.504. The van der Waals surface area contributed by atoms with Gasteiger partial charge in [0.1, 0.15) is 17.2 Å². The number of amides is 2. The van der Waals surface area contributed by atoms with Crippen molar-refractivity contribution in [1.29, 1.82) is 0 Å². The highest BCUT2D eigenvalue weighted by molar-refractivity contribution is 6.45. The Morgan fingerprint density at radius 2 is 1.48 bits per heavy atom. The van der Waals surface area contributed by atoms with Crippen LogP contribution in [0.3, 0.4) is 0 Å². The van der Waals surface area contributed by atoms with Crippen LogP contribution in [0, 0.1) is 10.1 Å². The van der Waals surface area contributed by atoms with Gasteiger partial charge < -0.3 is 14.4 Å². The molecule has 4 rings (SSSR count). The third kappa shape index (κ3) is 3.58. The molecule has 1 saturated heterocycles. The Morgan fingerprint density at radius 1 is 0.903 bits per heavy atom. The van der Waals surface area contributed by atoms with Gasteiger partial charge in [-0.25, -0.2) is 4.90 Å². The second kappa shape index (κ2) is 8.10. The molecule has 9 heteroatoms. The molecule has 0 aromatic heterocycles. The van der Waals surface area contributed by atoms with Crippen LogP contribution in [0.4, 0.5) is 11.4 Å². The molecule has 2 heterocycles. The van der Waals surface area contributed by atoms with Gasteiger partial charge in [-0.05, 0) is 30.5 Å². The Balaban J connectivity index is 1.82. The van der Waals surface area contributed by atoms with Crippen LogP contribution in [0.5, 0.6) is 11.5 Å². The molecule has 0 bridgehead atoms. The topological polar surface area (TPSA) is 102 Å². The zero-order valence-corrected chi connectivity index (χ0v) is 17.2. The van der Waals surface area contributed by atoms with Gasteiger partial charge in [0.2, 0.25) is 0 Å². The summed E-state index contributed by atoms with van der Waals surface area (Å²) in [6.07, 6.45) is 1.84. The molecule has 0 saturated carbocycles. The monoisotopic (exact) mass is 423 g/mol. The molecule has 2 amide bonds. The van der Waals surface area contributed by atoms with E-state index in [9.17, 15) is 19.7 Å². The summed E-state index contributed by atoms with van der Waals surface area (Å²) in [5.74, 6) is -0.0328. The van der Waals surface area contributed by atoms with Crippen molar-refractivity contribution in [1.82, 2.24) is 4.90 Å². The summed E-state index contributed by atoms with van der Waals surface area (Å²) >= 11 is 0. The Hall–Kier alpha value is -3.88. The molecule has 160 valence electrons. The maximum absolute atomic E-state index is 13.5. The lowest BCUT2D eigenvalue weighted by Gasteiger charge is -2.21. The summed E-state index contributed by atoms with van der Waals surface area (Å²) in [5, 5.41) is 11.0. The minimum absolute atomic E-state index is 0.0850. The number of rotatable bonds is 6. The fraction of sp³-hybridized carbons (Fsp3) is 0.273. The molecule has 0 spiro atoms. The largest absolute Gasteiger partial charge is 0.497 e. The molecule has 0 N–H and O–H groups in total. The van der Waals surface area contributed by atoms with Crippen LogP contribution in [0.15, 0.2) is 48.2 Å². The van der Waals surface area contributed by atoms with Crippen molar-refractivity contribution >= 4 is 28.8 Å². The van der Waals surface area contributed by atoms with Crippen molar-refractivity contribution in [3.8, 4) is 11.5 Å². The van der Waals surface area contributed by atoms with E-state index in [1.54, 1.807) is 18.2 Å². The van der Waals surface area contributed by atoms with Gasteiger partial charge >= 0.3 is 0 Å². The summed E-state index contributed by atoms with van der Waals surface area (Å²) < 4.78 is 10.6. The van der Waals surface area contributed by atoms with Crippen LogP contribution >= 0.6 is 0 Å². The van der Waals surface area contributed by atoms with Crippen molar-refractivity contribution in [2.75, 3.05) is 32.2 Å². The maximum atomic E-state index is 13.5. The van der Waals surface area contributed by atoms with E-state index in [2.05, 4.69) is 0 Å². The van der Waals surface area contributed by atoms with E-state index in [0.717, 1.165) is 17.7 Å². The number of benzene rings is 2. The summed E-state index contributed by atoms with van der Waals surface area (Å²) in [4.78, 5) is 40.5. The molecule has 0 unspecified atom stereocenters. The van der Waals surface area contributed by atoms with Gasteiger partial charge in [-0.1, -0.05) is 0 Å². The first-order valence-corrected chi connectivity index (χ1v) is 9.80. The van der Waals surface area contributed by atoms with Crippen molar-refractivity contribution < 1.29 is 24.0 Å². The summed E-state index contributed by atoms with van der Waals surface area (Å²) in [5.41, 5.74) is 1.27. The number of carbonyl (C=O) groups is 2. The Morgan fingerprint density at radius 3 is 2.00 bits per heavy atom. The average molecular weight is 423 g/mol. The Bertz CT molecular complexity index is 1060. The molecule has 2 aliphatic rings. The van der Waals surface area contributed by atoms with Gasteiger partial charge in [0.05, 0.1) is 30.4 Å². The zero-order valence-electron chi connectivity index (χ0n) is 17.2. The molecular weight excluding hydrogens is 402 g/mol. The first kappa shape index (κ1) is 20.4. The number of nitro benzene ring substituents is 1. The van der Waals surface area contributed by atoms with Gasteiger partial charge in [-0.15, -0.1) is 0 Å².